The SMILES string of the molecule is C=CCO[C@@H]1O[C@@H](C)[C@H](OCc2ccccc2)[C@@H](OCc2ccccc2)[C@H]1O[C@H]1O[C@@H]2CO[C@@H](c3ccccc3)O[C@H]2[C@H](OCc2ccccc2)[C@H]1OCc1ccccc1. The van der Waals surface area contributed by atoms with Gasteiger partial charge in [-0.15, -0.1) is 6.58 Å². The van der Waals surface area contributed by atoms with Gasteiger partial charge in [0.05, 0.1) is 45.7 Å². The minimum absolute atomic E-state index is 0.216. The predicted molar refractivity (Wildman–Crippen MR) is 224 cm³/mol. The van der Waals surface area contributed by atoms with Crippen molar-refractivity contribution in [2.45, 2.75) is 101 Å². The van der Waals surface area contributed by atoms with E-state index in [1.54, 1.807) is 6.08 Å². The minimum atomic E-state index is -1.01. The number of benzene rings is 5. The molecule has 0 aliphatic carbocycles. The summed E-state index contributed by atoms with van der Waals surface area (Å²) in [5, 5.41) is 0. The molecule has 8 rings (SSSR count). The van der Waals surface area contributed by atoms with Gasteiger partial charge >= 0.3 is 0 Å². The maximum Gasteiger partial charge on any atom is 0.187 e. The Hall–Kier alpha value is -4.56. The van der Waals surface area contributed by atoms with Crippen LogP contribution in [0.2, 0.25) is 0 Å². The zero-order valence-electron chi connectivity index (χ0n) is 33.9. The molecule has 0 amide bonds. The van der Waals surface area contributed by atoms with Gasteiger partial charge in [0.15, 0.2) is 18.9 Å². The van der Waals surface area contributed by atoms with Crippen LogP contribution in [-0.2, 0) is 73.8 Å². The van der Waals surface area contributed by atoms with E-state index >= 15 is 0 Å². The zero-order valence-corrected chi connectivity index (χ0v) is 33.9. The molecule has 3 aliphatic rings. The van der Waals surface area contributed by atoms with E-state index in [2.05, 4.69) is 6.58 Å². The molecule has 0 N–H and O–H groups in total. The third-order valence-electron chi connectivity index (χ3n) is 10.9. The average molecular weight is 815 g/mol. The first-order valence-electron chi connectivity index (χ1n) is 20.8. The van der Waals surface area contributed by atoms with Gasteiger partial charge in [-0.05, 0) is 29.2 Å². The molecular weight excluding hydrogens is 761 g/mol. The van der Waals surface area contributed by atoms with Crippen LogP contribution in [-0.4, -0.2) is 74.6 Å². The lowest BCUT2D eigenvalue weighted by atomic mass is 9.95. The van der Waals surface area contributed by atoms with Crippen LogP contribution in [0.5, 0.6) is 0 Å². The van der Waals surface area contributed by atoms with Crippen molar-refractivity contribution in [3.05, 3.63) is 192 Å². The standard InChI is InChI=1S/C50H54O10/c1-3-29-51-49-47(44(53-31-37-21-11-5-12-22-37)42(35(2)57-49)52-30-36-19-9-4-10-20-36)60-50-46(55-33-39-25-15-7-16-26-39)45(54-32-38-23-13-6-14-24-38)43-41(58-50)34-56-48(59-43)40-27-17-8-18-28-40/h3-28,35,41-50H,1,29-34H2,2H3/t35-,41+,42-,43+,44+,45-,46+,47+,48+,49+,50+/m0/s1. The molecule has 3 saturated heterocycles. The summed E-state index contributed by atoms with van der Waals surface area (Å²) in [6.07, 6.45) is -5.93. The van der Waals surface area contributed by atoms with Crippen molar-refractivity contribution in [1.29, 1.82) is 0 Å². The summed E-state index contributed by atoms with van der Waals surface area (Å²) in [5.74, 6) is 0. The molecule has 0 spiro atoms. The van der Waals surface area contributed by atoms with Crippen LogP contribution in [0.3, 0.4) is 0 Å². The molecular formula is C50H54O10. The number of hydrogen-bond donors (Lipinski definition) is 0. The van der Waals surface area contributed by atoms with E-state index in [1.165, 1.54) is 0 Å². The van der Waals surface area contributed by atoms with Gasteiger partial charge in [-0.1, -0.05) is 158 Å². The highest BCUT2D eigenvalue weighted by Crippen LogP contribution is 2.40. The summed E-state index contributed by atoms with van der Waals surface area (Å²) < 4.78 is 67.5. The Morgan fingerprint density at radius 3 is 1.48 bits per heavy atom. The molecule has 5 aromatic carbocycles. The maximum atomic E-state index is 7.19. The molecule has 314 valence electrons. The highest BCUT2D eigenvalue weighted by atomic mass is 16.8. The fraction of sp³-hybridized carbons (Fsp3) is 0.360. The Balaban J connectivity index is 1.14. The van der Waals surface area contributed by atoms with Crippen LogP contribution in [0.1, 0.15) is 41.0 Å². The van der Waals surface area contributed by atoms with E-state index in [9.17, 15) is 0 Å². The minimum Gasteiger partial charge on any atom is -0.368 e. The molecule has 10 heteroatoms. The van der Waals surface area contributed by atoms with E-state index in [1.807, 2.05) is 159 Å². The van der Waals surface area contributed by atoms with Gasteiger partial charge in [-0.25, -0.2) is 0 Å². The summed E-state index contributed by atoms with van der Waals surface area (Å²) in [5.41, 5.74) is 4.91. The first-order chi connectivity index (χ1) is 29.6. The summed E-state index contributed by atoms with van der Waals surface area (Å²) in [6.45, 7) is 7.53. The third kappa shape index (κ3) is 10.8. The van der Waals surface area contributed by atoms with Crippen molar-refractivity contribution in [1.82, 2.24) is 0 Å². The van der Waals surface area contributed by atoms with Crippen molar-refractivity contribution < 1.29 is 47.4 Å². The molecule has 0 unspecified atom stereocenters. The van der Waals surface area contributed by atoms with Gasteiger partial charge in [-0.2, -0.15) is 0 Å². The molecule has 11 atom stereocenters. The number of rotatable bonds is 18. The van der Waals surface area contributed by atoms with Crippen molar-refractivity contribution in [2.24, 2.45) is 0 Å². The molecule has 5 aromatic rings. The van der Waals surface area contributed by atoms with Crippen molar-refractivity contribution in [2.75, 3.05) is 13.2 Å². The van der Waals surface area contributed by atoms with Gasteiger partial charge in [0.1, 0.15) is 42.7 Å². The molecule has 0 saturated carbocycles. The van der Waals surface area contributed by atoms with E-state index in [-0.39, 0.29) is 19.8 Å². The van der Waals surface area contributed by atoms with Crippen molar-refractivity contribution >= 4 is 0 Å². The van der Waals surface area contributed by atoms with Crippen LogP contribution >= 0.6 is 0 Å². The lowest BCUT2D eigenvalue weighted by Gasteiger charge is -2.51. The number of hydrogen-bond acceptors (Lipinski definition) is 10. The van der Waals surface area contributed by atoms with Crippen LogP contribution < -0.4 is 0 Å². The number of ether oxygens (including phenoxy) is 10. The zero-order chi connectivity index (χ0) is 40.9. The van der Waals surface area contributed by atoms with Gasteiger partial charge in [0.25, 0.3) is 0 Å². The third-order valence-corrected chi connectivity index (χ3v) is 10.9. The Morgan fingerprint density at radius 1 is 0.500 bits per heavy atom. The number of fused-ring (bicyclic) bond motifs is 1. The van der Waals surface area contributed by atoms with Gasteiger partial charge in [0, 0.05) is 5.56 Å². The molecule has 0 bridgehead atoms. The molecule has 3 aliphatic heterocycles. The van der Waals surface area contributed by atoms with Crippen LogP contribution in [0.25, 0.3) is 0 Å². The van der Waals surface area contributed by atoms with Crippen molar-refractivity contribution in [3.8, 4) is 0 Å². The molecule has 0 aromatic heterocycles. The summed E-state index contributed by atoms with van der Waals surface area (Å²) in [7, 11) is 0. The lowest BCUT2D eigenvalue weighted by Crippen LogP contribution is -2.66. The van der Waals surface area contributed by atoms with Crippen LogP contribution in [0, 0.1) is 0 Å². The Morgan fingerprint density at radius 2 is 0.967 bits per heavy atom. The topological polar surface area (TPSA) is 92.3 Å². The normalized spacial score (nSPS) is 29.1. The smallest absolute Gasteiger partial charge is 0.187 e. The monoisotopic (exact) mass is 814 g/mol. The van der Waals surface area contributed by atoms with Gasteiger partial charge in [-0.3, -0.25) is 0 Å². The first-order valence-corrected chi connectivity index (χ1v) is 20.8. The van der Waals surface area contributed by atoms with E-state index in [4.69, 9.17) is 47.4 Å². The highest BCUT2D eigenvalue weighted by Gasteiger charge is 2.55. The van der Waals surface area contributed by atoms with Crippen molar-refractivity contribution in [3.63, 3.8) is 0 Å². The second-order valence-electron chi connectivity index (χ2n) is 15.2. The largest absolute Gasteiger partial charge is 0.368 e. The molecule has 10 nitrogen and oxygen atoms in total. The van der Waals surface area contributed by atoms with E-state index in [0.717, 1.165) is 27.8 Å². The second-order valence-corrected chi connectivity index (χ2v) is 15.2. The molecule has 0 radical (unpaired) electrons. The summed E-state index contributed by atoms with van der Waals surface area (Å²) >= 11 is 0. The summed E-state index contributed by atoms with van der Waals surface area (Å²) in [4.78, 5) is 0. The highest BCUT2D eigenvalue weighted by molar-refractivity contribution is 5.19. The van der Waals surface area contributed by atoms with Gasteiger partial charge in [0.2, 0.25) is 0 Å². The van der Waals surface area contributed by atoms with Crippen LogP contribution in [0.15, 0.2) is 164 Å². The molecule has 3 fully saturated rings. The molecule has 3 heterocycles. The quantitative estimate of drug-likeness (QED) is 0.0803. The fourth-order valence-electron chi connectivity index (χ4n) is 7.86. The lowest BCUT2D eigenvalue weighted by molar-refractivity contribution is -0.400. The second kappa shape index (κ2) is 21.3. The maximum absolute atomic E-state index is 7.19. The Labute approximate surface area is 352 Å². The summed E-state index contributed by atoms with van der Waals surface area (Å²) in [6, 6.07) is 50.0. The van der Waals surface area contributed by atoms with Gasteiger partial charge < -0.3 is 47.4 Å². The predicted octanol–water partition coefficient (Wildman–Crippen LogP) is 8.50. The van der Waals surface area contributed by atoms with E-state index in [0.29, 0.717) is 19.8 Å². The van der Waals surface area contributed by atoms with Crippen LogP contribution in [0.4, 0.5) is 0 Å². The Bertz CT molecular complexity index is 1990. The van der Waals surface area contributed by atoms with E-state index < -0.39 is 67.7 Å². The molecule has 60 heavy (non-hydrogen) atoms. The fourth-order valence-corrected chi connectivity index (χ4v) is 7.86. The first kappa shape index (κ1) is 42.1. The Kier molecular flexibility index (Phi) is 15.0. The average Bonchev–Trinajstić information content (AvgIpc) is 3.30.